The van der Waals surface area contributed by atoms with Gasteiger partial charge in [-0.3, -0.25) is 14.9 Å². The lowest BCUT2D eigenvalue weighted by Gasteiger charge is -2.31. The van der Waals surface area contributed by atoms with Crippen molar-refractivity contribution in [3.63, 3.8) is 0 Å². The first-order valence-corrected chi connectivity index (χ1v) is 8.02. The molecule has 1 aliphatic heterocycles. The number of benzene rings is 1. The highest BCUT2D eigenvalue weighted by Crippen LogP contribution is 2.27. The number of nitro groups is 1. The van der Waals surface area contributed by atoms with Crippen LogP contribution in [-0.4, -0.2) is 46.8 Å². The van der Waals surface area contributed by atoms with E-state index < -0.39 is 4.92 Å². The van der Waals surface area contributed by atoms with Gasteiger partial charge < -0.3 is 10.0 Å². The third-order valence-electron chi connectivity index (χ3n) is 3.79. The van der Waals surface area contributed by atoms with Gasteiger partial charge in [-0.05, 0) is 37.1 Å². The fourth-order valence-corrected chi connectivity index (χ4v) is 2.90. The van der Waals surface area contributed by atoms with E-state index in [9.17, 15) is 14.9 Å². The van der Waals surface area contributed by atoms with Gasteiger partial charge in [0, 0.05) is 30.7 Å². The van der Waals surface area contributed by atoms with E-state index in [1.165, 1.54) is 17.8 Å². The molecular formula is C14H18N2O4S. The maximum absolute atomic E-state index is 12.5. The van der Waals surface area contributed by atoms with Gasteiger partial charge in [0.25, 0.3) is 11.6 Å². The number of aliphatic hydroxyl groups is 1. The minimum atomic E-state index is -0.516. The fourth-order valence-electron chi connectivity index (χ4n) is 2.46. The van der Waals surface area contributed by atoms with Gasteiger partial charge in [0.1, 0.15) is 5.56 Å². The van der Waals surface area contributed by atoms with Crippen LogP contribution in [0.2, 0.25) is 0 Å². The van der Waals surface area contributed by atoms with Crippen LogP contribution in [-0.2, 0) is 0 Å². The second-order valence-corrected chi connectivity index (χ2v) is 5.94. The highest BCUT2D eigenvalue weighted by molar-refractivity contribution is 7.98. The Morgan fingerprint density at radius 2 is 2.14 bits per heavy atom. The van der Waals surface area contributed by atoms with Crippen molar-refractivity contribution in [2.45, 2.75) is 17.7 Å². The van der Waals surface area contributed by atoms with Crippen LogP contribution in [0.15, 0.2) is 23.1 Å². The number of aliphatic hydroxyl groups excluding tert-OH is 1. The average Bonchev–Trinajstić information content (AvgIpc) is 2.53. The number of thioether (sulfide) groups is 1. The van der Waals surface area contributed by atoms with Crippen molar-refractivity contribution in [2.75, 3.05) is 26.0 Å². The quantitative estimate of drug-likeness (QED) is 0.523. The topological polar surface area (TPSA) is 83.7 Å². The predicted octanol–water partition coefficient (Wildman–Crippen LogP) is 2.16. The Morgan fingerprint density at radius 1 is 1.48 bits per heavy atom. The molecule has 1 aromatic carbocycles. The Hall–Kier alpha value is -1.60. The van der Waals surface area contributed by atoms with Gasteiger partial charge in [-0.2, -0.15) is 0 Å². The van der Waals surface area contributed by atoms with E-state index in [4.69, 9.17) is 5.11 Å². The lowest BCUT2D eigenvalue weighted by atomic mass is 9.97. The standard InChI is InChI=1S/C14H18N2O4S/c1-21-11-2-3-13(16(19)20)12(8-11)14(18)15-6-4-10(9-17)5-7-15/h2-3,8,10,17H,4-7,9H2,1H3. The molecule has 1 fully saturated rings. The summed E-state index contributed by atoms with van der Waals surface area (Å²) in [5.41, 5.74) is -0.00335. The van der Waals surface area contributed by atoms with E-state index in [0.717, 1.165) is 17.7 Å². The summed E-state index contributed by atoms with van der Waals surface area (Å²) in [6.07, 6.45) is 3.33. The minimum Gasteiger partial charge on any atom is -0.396 e. The minimum absolute atomic E-state index is 0.129. The van der Waals surface area contributed by atoms with Crippen LogP contribution in [0.1, 0.15) is 23.2 Å². The lowest BCUT2D eigenvalue weighted by Crippen LogP contribution is -2.39. The van der Waals surface area contributed by atoms with Gasteiger partial charge >= 0.3 is 0 Å². The summed E-state index contributed by atoms with van der Waals surface area (Å²) in [7, 11) is 0. The van der Waals surface area contributed by atoms with E-state index in [2.05, 4.69) is 0 Å². The molecule has 0 aromatic heterocycles. The van der Waals surface area contributed by atoms with Crippen molar-refractivity contribution in [3.05, 3.63) is 33.9 Å². The molecule has 0 saturated carbocycles. The number of rotatable bonds is 4. The lowest BCUT2D eigenvalue weighted by molar-refractivity contribution is -0.385. The molecule has 7 heteroatoms. The van der Waals surface area contributed by atoms with Gasteiger partial charge in [-0.1, -0.05) is 0 Å². The van der Waals surface area contributed by atoms with Gasteiger partial charge in [0.15, 0.2) is 0 Å². The Bertz CT molecular complexity index is 542. The number of likely N-dealkylation sites (tertiary alicyclic amines) is 1. The maximum atomic E-state index is 12.5. The number of hydrogen-bond donors (Lipinski definition) is 1. The number of nitro benzene ring substituents is 1. The highest BCUT2D eigenvalue weighted by atomic mass is 32.2. The zero-order valence-corrected chi connectivity index (χ0v) is 12.6. The molecule has 2 rings (SSSR count). The molecule has 0 bridgehead atoms. The zero-order valence-electron chi connectivity index (χ0n) is 11.8. The SMILES string of the molecule is CSc1ccc([N+](=O)[O-])c(C(=O)N2CCC(CO)CC2)c1. The van der Waals surface area contributed by atoms with E-state index in [-0.39, 0.29) is 29.7 Å². The molecule has 1 aliphatic rings. The summed E-state index contributed by atoms with van der Waals surface area (Å²) in [6.45, 7) is 1.19. The first-order chi connectivity index (χ1) is 10.1. The molecule has 1 heterocycles. The Balaban J connectivity index is 2.23. The summed E-state index contributed by atoms with van der Waals surface area (Å²) in [4.78, 5) is 25.6. The average molecular weight is 310 g/mol. The van der Waals surface area contributed by atoms with Crippen LogP contribution in [0, 0.1) is 16.0 Å². The second-order valence-electron chi connectivity index (χ2n) is 5.06. The third-order valence-corrected chi connectivity index (χ3v) is 4.52. The Labute approximate surface area is 127 Å². The van der Waals surface area contributed by atoms with Crippen LogP contribution in [0.5, 0.6) is 0 Å². The summed E-state index contributed by atoms with van der Waals surface area (Å²) >= 11 is 1.45. The number of piperidine rings is 1. The Morgan fingerprint density at radius 3 is 2.67 bits per heavy atom. The number of carbonyl (C=O) groups excluding carboxylic acids is 1. The molecule has 1 saturated heterocycles. The normalized spacial score (nSPS) is 16.0. The highest BCUT2D eigenvalue weighted by Gasteiger charge is 2.28. The van der Waals surface area contributed by atoms with E-state index in [0.29, 0.717) is 13.1 Å². The van der Waals surface area contributed by atoms with Crippen LogP contribution in [0.4, 0.5) is 5.69 Å². The van der Waals surface area contributed by atoms with E-state index >= 15 is 0 Å². The molecule has 21 heavy (non-hydrogen) atoms. The van der Waals surface area contributed by atoms with E-state index in [1.807, 2.05) is 6.26 Å². The van der Waals surface area contributed by atoms with Gasteiger partial charge in [-0.25, -0.2) is 0 Å². The first kappa shape index (κ1) is 15.8. The molecule has 1 amide bonds. The Kier molecular flexibility index (Phi) is 5.19. The maximum Gasteiger partial charge on any atom is 0.282 e. The first-order valence-electron chi connectivity index (χ1n) is 6.79. The summed E-state index contributed by atoms with van der Waals surface area (Å²) in [6, 6.07) is 4.63. The van der Waals surface area contributed by atoms with Crippen molar-refractivity contribution in [1.29, 1.82) is 0 Å². The molecule has 1 N–H and O–H groups in total. The number of nitrogens with zero attached hydrogens (tertiary/aromatic N) is 2. The van der Waals surface area contributed by atoms with Crippen LogP contribution < -0.4 is 0 Å². The second kappa shape index (κ2) is 6.91. The van der Waals surface area contributed by atoms with Gasteiger partial charge in [0.05, 0.1) is 4.92 Å². The number of amides is 1. The van der Waals surface area contributed by atoms with Gasteiger partial charge in [0.2, 0.25) is 0 Å². The molecule has 0 atom stereocenters. The molecule has 114 valence electrons. The number of hydrogen-bond acceptors (Lipinski definition) is 5. The third kappa shape index (κ3) is 3.54. The molecule has 6 nitrogen and oxygen atoms in total. The largest absolute Gasteiger partial charge is 0.396 e. The summed E-state index contributed by atoms with van der Waals surface area (Å²) in [5, 5.41) is 20.2. The van der Waals surface area contributed by atoms with Crippen molar-refractivity contribution < 1.29 is 14.8 Å². The van der Waals surface area contributed by atoms with Crippen molar-refractivity contribution in [1.82, 2.24) is 4.90 Å². The van der Waals surface area contributed by atoms with Crippen molar-refractivity contribution >= 4 is 23.4 Å². The van der Waals surface area contributed by atoms with Crippen LogP contribution >= 0.6 is 11.8 Å². The number of carbonyl (C=O) groups is 1. The molecule has 0 radical (unpaired) electrons. The van der Waals surface area contributed by atoms with Gasteiger partial charge in [-0.15, -0.1) is 11.8 Å². The zero-order chi connectivity index (χ0) is 15.4. The molecule has 0 unspecified atom stereocenters. The molecule has 0 aliphatic carbocycles. The summed E-state index contributed by atoms with van der Waals surface area (Å²) < 4.78 is 0. The van der Waals surface area contributed by atoms with Crippen molar-refractivity contribution in [3.8, 4) is 0 Å². The van der Waals surface area contributed by atoms with Crippen LogP contribution in [0.3, 0.4) is 0 Å². The predicted molar refractivity (Wildman–Crippen MR) is 80.6 cm³/mol. The van der Waals surface area contributed by atoms with E-state index in [1.54, 1.807) is 17.0 Å². The van der Waals surface area contributed by atoms with Crippen LogP contribution in [0.25, 0.3) is 0 Å². The molecule has 0 spiro atoms. The molecular weight excluding hydrogens is 292 g/mol. The smallest absolute Gasteiger partial charge is 0.282 e. The molecule has 1 aromatic rings. The fraction of sp³-hybridized carbons (Fsp3) is 0.500. The monoisotopic (exact) mass is 310 g/mol. The van der Waals surface area contributed by atoms with Crippen molar-refractivity contribution in [2.24, 2.45) is 5.92 Å². The summed E-state index contributed by atoms with van der Waals surface area (Å²) in [5.74, 6) is -0.0736.